The number of hydrogen-bond donors (Lipinski definition) is 0. The van der Waals surface area contributed by atoms with Crippen molar-refractivity contribution in [3.8, 4) is 0 Å². The zero-order chi connectivity index (χ0) is 10.5. The van der Waals surface area contributed by atoms with Gasteiger partial charge in [-0.2, -0.15) is 0 Å². The molecule has 1 aliphatic carbocycles. The summed E-state index contributed by atoms with van der Waals surface area (Å²) < 4.78 is 0. The predicted octanol–water partition coefficient (Wildman–Crippen LogP) is 2.50. The summed E-state index contributed by atoms with van der Waals surface area (Å²) >= 11 is 0. The fraction of sp³-hybridized carbons (Fsp3) is 0.615. The van der Waals surface area contributed by atoms with Crippen LogP contribution in [0.2, 0.25) is 0 Å². The summed E-state index contributed by atoms with van der Waals surface area (Å²) in [5.74, 6) is 0. The van der Waals surface area contributed by atoms with Crippen LogP contribution in [0.5, 0.6) is 0 Å². The normalized spacial score (nSPS) is 17.5. The Hall–Kier alpha value is -0.890. The van der Waals surface area contributed by atoms with Crippen molar-refractivity contribution in [1.29, 1.82) is 0 Å². The minimum absolute atomic E-state index is 0.828. The molecule has 0 bridgehead atoms. The van der Waals surface area contributed by atoms with Crippen molar-refractivity contribution in [1.82, 2.24) is 9.88 Å². The van der Waals surface area contributed by atoms with E-state index in [2.05, 4.69) is 29.1 Å². The topological polar surface area (TPSA) is 16.1 Å². The van der Waals surface area contributed by atoms with E-state index in [1.54, 1.807) is 0 Å². The third-order valence-corrected chi connectivity index (χ3v) is 3.39. The first-order chi connectivity index (χ1) is 7.36. The summed E-state index contributed by atoms with van der Waals surface area (Å²) in [7, 11) is 2.25. The van der Waals surface area contributed by atoms with Crippen molar-refractivity contribution in [3.05, 3.63) is 30.1 Å². The molecule has 1 saturated carbocycles. The van der Waals surface area contributed by atoms with Crippen molar-refractivity contribution in [2.75, 3.05) is 13.6 Å². The molecule has 0 aliphatic heterocycles. The van der Waals surface area contributed by atoms with Crippen LogP contribution < -0.4 is 0 Å². The number of aromatic nitrogens is 1. The first-order valence-corrected chi connectivity index (χ1v) is 5.96. The van der Waals surface area contributed by atoms with Crippen molar-refractivity contribution in [2.45, 2.75) is 38.1 Å². The van der Waals surface area contributed by atoms with Crippen LogP contribution in [0.3, 0.4) is 0 Å². The average molecular weight is 204 g/mol. The number of rotatable bonds is 4. The number of likely N-dealkylation sites (N-methyl/N-ethyl adjacent to an activating group) is 1. The van der Waals surface area contributed by atoms with Gasteiger partial charge in [-0.05, 0) is 32.0 Å². The van der Waals surface area contributed by atoms with E-state index in [1.165, 1.54) is 31.4 Å². The van der Waals surface area contributed by atoms with Gasteiger partial charge >= 0.3 is 0 Å². The molecule has 0 N–H and O–H groups in total. The Morgan fingerprint density at radius 3 is 2.80 bits per heavy atom. The van der Waals surface area contributed by atoms with Gasteiger partial charge in [-0.25, -0.2) is 0 Å². The van der Waals surface area contributed by atoms with E-state index in [1.807, 2.05) is 12.3 Å². The molecular weight excluding hydrogens is 184 g/mol. The van der Waals surface area contributed by atoms with Gasteiger partial charge in [-0.15, -0.1) is 0 Å². The van der Waals surface area contributed by atoms with Gasteiger partial charge in [0.15, 0.2) is 0 Å². The maximum atomic E-state index is 4.35. The van der Waals surface area contributed by atoms with E-state index in [0.29, 0.717) is 0 Å². The Bertz CT molecular complexity index is 278. The van der Waals surface area contributed by atoms with Crippen LogP contribution in [0.4, 0.5) is 0 Å². The van der Waals surface area contributed by atoms with Gasteiger partial charge in [0.2, 0.25) is 0 Å². The third-order valence-electron chi connectivity index (χ3n) is 3.39. The fourth-order valence-electron chi connectivity index (χ4n) is 2.36. The highest BCUT2D eigenvalue weighted by Gasteiger charge is 2.18. The van der Waals surface area contributed by atoms with E-state index in [4.69, 9.17) is 0 Å². The van der Waals surface area contributed by atoms with Crippen molar-refractivity contribution >= 4 is 0 Å². The minimum Gasteiger partial charge on any atom is -0.303 e. The van der Waals surface area contributed by atoms with Crippen LogP contribution >= 0.6 is 0 Å². The van der Waals surface area contributed by atoms with Gasteiger partial charge in [0.25, 0.3) is 0 Å². The largest absolute Gasteiger partial charge is 0.303 e. The molecule has 1 aliphatic rings. The maximum absolute atomic E-state index is 4.35. The smallest absolute Gasteiger partial charge is 0.0416 e. The van der Waals surface area contributed by atoms with Crippen LogP contribution in [0, 0.1) is 0 Å². The molecule has 0 unspecified atom stereocenters. The van der Waals surface area contributed by atoms with Crippen LogP contribution in [-0.4, -0.2) is 29.5 Å². The summed E-state index contributed by atoms with van der Waals surface area (Å²) in [6.45, 7) is 1.14. The van der Waals surface area contributed by atoms with Crippen molar-refractivity contribution < 1.29 is 0 Å². The van der Waals surface area contributed by atoms with E-state index >= 15 is 0 Å². The molecule has 1 aromatic rings. The second kappa shape index (κ2) is 5.26. The quantitative estimate of drug-likeness (QED) is 0.749. The molecule has 0 aromatic carbocycles. The highest BCUT2D eigenvalue weighted by Crippen LogP contribution is 2.22. The van der Waals surface area contributed by atoms with Gasteiger partial charge in [0, 0.05) is 30.9 Å². The lowest BCUT2D eigenvalue weighted by molar-refractivity contribution is 0.248. The molecule has 82 valence electrons. The number of pyridine rings is 1. The molecule has 0 radical (unpaired) electrons. The summed E-state index contributed by atoms with van der Waals surface area (Å²) in [6.07, 6.45) is 8.56. The second-order valence-electron chi connectivity index (χ2n) is 4.49. The van der Waals surface area contributed by atoms with Crippen LogP contribution in [0.1, 0.15) is 31.4 Å². The van der Waals surface area contributed by atoms with Gasteiger partial charge in [0.05, 0.1) is 0 Å². The molecule has 0 spiro atoms. The van der Waals surface area contributed by atoms with E-state index in [9.17, 15) is 0 Å². The standard InChI is InChI=1S/C13H20N2/c1-15(13-7-2-3-8-13)11-9-12-6-4-5-10-14-12/h4-6,10,13H,2-3,7-9,11H2,1H3. The van der Waals surface area contributed by atoms with E-state index < -0.39 is 0 Å². The highest BCUT2D eigenvalue weighted by atomic mass is 15.1. The average Bonchev–Trinajstić information content (AvgIpc) is 2.81. The van der Waals surface area contributed by atoms with Gasteiger partial charge < -0.3 is 4.90 Å². The van der Waals surface area contributed by atoms with Crippen molar-refractivity contribution in [3.63, 3.8) is 0 Å². The number of hydrogen-bond acceptors (Lipinski definition) is 2. The fourth-order valence-corrected chi connectivity index (χ4v) is 2.36. The van der Waals surface area contributed by atoms with Crippen LogP contribution in [-0.2, 0) is 6.42 Å². The summed E-state index contributed by atoms with van der Waals surface area (Å²) in [6, 6.07) is 6.98. The molecule has 2 heteroatoms. The molecule has 1 aromatic heterocycles. The lowest BCUT2D eigenvalue weighted by Crippen LogP contribution is -2.31. The van der Waals surface area contributed by atoms with Crippen molar-refractivity contribution in [2.24, 2.45) is 0 Å². The van der Waals surface area contributed by atoms with Crippen LogP contribution in [0.25, 0.3) is 0 Å². The molecule has 2 nitrogen and oxygen atoms in total. The molecule has 1 fully saturated rings. The van der Waals surface area contributed by atoms with Gasteiger partial charge in [0.1, 0.15) is 0 Å². The molecule has 15 heavy (non-hydrogen) atoms. The minimum atomic E-state index is 0.828. The van der Waals surface area contributed by atoms with E-state index in [0.717, 1.165) is 19.0 Å². The molecule has 0 amide bonds. The molecule has 2 rings (SSSR count). The zero-order valence-electron chi connectivity index (χ0n) is 9.52. The Balaban J connectivity index is 1.77. The van der Waals surface area contributed by atoms with Crippen LogP contribution in [0.15, 0.2) is 24.4 Å². The Morgan fingerprint density at radius 1 is 1.33 bits per heavy atom. The Labute approximate surface area is 92.3 Å². The summed E-state index contributed by atoms with van der Waals surface area (Å²) in [4.78, 5) is 6.85. The first kappa shape index (κ1) is 10.6. The highest BCUT2D eigenvalue weighted by molar-refractivity contribution is 5.03. The summed E-state index contributed by atoms with van der Waals surface area (Å²) in [5.41, 5.74) is 1.21. The Morgan fingerprint density at radius 2 is 2.13 bits per heavy atom. The van der Waals surface area contributed by atoms with Gasteiger partial charge in [-0.3, -0.25) is 4.98 Å². The predicted molar refractivity (Wildman–Crippen MR) is 62.8 cm³/mol. The summed E-state index contributed by atoms with van der Waals surface area (Å²) in [5, 5.41) is 0. The maximum Gasteiger partial charge on any atom is 0.0416 e. The molecule has 0 atom stereocenters. The molecule has 1 heterocycles. The van der Waals surface area contributed by atoms with Gasteiger partial charge in [-0.1, -0.05) is 18.9 Å². The SMILES string of the molecule is CN(CCc1ccccn1)C1CCCC1. The third kappa shape index (κ3) is 3.03. The Kier molecular flexibility index (Phi) is 3.73. The van der Waals surface area contributed by atoms with E-state index in [-0.39, 0.29) is 0 Å². The lowest BCUT2D eigenvalue weighted by atomic mass is 10.2. The monoisotopic (exact) mass is 204 g/mol. The first-order valence-electron chi connectivity index (χ1n) is 5.96. The zero-order valence-corrected chi connectivity index (χ0v) is 9.52. The lowest BCUT2D eigenvalue weighted by Gasteiger charge is -2.23. The molecule has 0 saturated heterocycles. The number of nitrogens with zero attached hydrogens (tertiary/aromatic N) is 2. The second-order valence-corrected chi connectivity index (χ2v) is 4.49. The molecular formula is C13H20N2.